The van der Waals surface area contributed by atoms with Gasteiger partial charge in [0.1, 0.15) is 12.5 Å². The molecule has 2 N–H and O–H groups in total. The molecule has 3 aliphatic rings. The molecule has 0 spiro atoms. The van der Waals surface area contributed by atoms with Gasteiger partial charge in [0.15, 0.2) is 11.5 Å². The third-order valence-electron chi connectivity index (χ3n) is 7.10. The van der Waals surface area contributed by atoms with Crippen molar-refractivity contribution < 1.29 is 19.1 Å². The summed E-state index contributed by atoms with van der Waals surface area (Å²) in [5, 5.41) is 6.90. The van der Waals surface area contributed by atoms with Crippen molar-refractivity contribution in [3.8, 4) is 11.5 Å². The van der Waals surface area contributed by atoms with Crippen molar-refractivity contribution in [1.29, 1.82) is 0 Å². The average molecular weight is 543 g/mol. The lowest BCUT2D eigenvalue weighted by atomic mass is 9.99. The second kappa shape index (κ2) is 10.5. The molecule has 3 aromatic rings. The van der Waals surface area contributed by atoms with E-state index in [0.717, 1.165) is 43.0 Å². The maximum atomic E-state index is 13.3. The lowest BCUT2D eigenvalue weighted by Crippen LogP contribution is -2.47. The molecule has 3 aliphatic heterocycles. The molecule has 9 heteroatoms. The van der Waals surface area contributed by atoms with Crippen LogP contribution in [0.4, 0.5) is 11.4 Å². The van der Waals surface area contributed by atoms with Gasteiger partial charge >= 0.3 is 0 Å². The number of halogens is 1. The zero-order valence-electron chi connectivity index (χ0n) is 21.4. The van der Waals surface area contributed by atoms with Gasteiger partial charge in [-0.25, -0.2) is 0 Å². The number of nitrogens with zero attached hydrogens (tertiary/aromatic N) is 2. The van der Waals surface area contributed by atoms with Crippen molar-refractivity contribution in [3.05, 3.63) is 94.9 Å². The average Bonchev–Trinajstić information content (AvgIpc) is 3.27. The summed E-state index contributed by atoms with van der Waals surface area (Å²) < 4.78 is 11.5. The Kier molecular flexibility index (Phi) is 6.72. The topological polar surface area (TPSA) is 83.1 Å². The highest BCUT2D eigenvalue weighted by atomic mass is 35.5. The number of para-hydroxylation sites is 1. The van der Waals surface area contributed by atoms with Crippen LogP contribution >= 0.6 is 11.6 Å². The molecule has 0 aliphatic carbocycles. The van der Waals surface area contributed by atoms with E-state index in [1.165, 1.54) is 12.5 Å². The van der Waals surface area contributed by atoms with Crippen molar-refractivity contribution in [3.63, 3.8) is 0 Å². The van der Waals surface area contributed by atoms with Crippen LogP contribution in [-0.2, 0) is 16.0 Å². The van der Waals surface area contributed by atoms with Crippen molar-refractivity contribution in [2.45, 2.75) is 6.42 Å². The number of carbonyl (C=O) groups is 2. The fraction of sp³-hybridized carbons (Fsp3) is 0.200. The number of fused-ring (bicyclic) bond motifs is 2. The lowest BCUT2D eigenvalue weighted by Gasteiger charge is -2.32. The molecule has 0 bridgehead atoms. The van der Waals surface area contributed by atoms with Gasteiger partial charge in [0.25, 0.3) is 5.91 Å². The molecule has 0 radical (unpaired) electrons. The first kappa shape index (κ1) is 25.0. The minimum atomic E-state index is -0.256. The number of rotatable bonds is 5. The summed E-state index contributed by atoms with van der Waals surface area (Å²) in [5.41, 5.74) is 4.74. The van der Waals surface area contributed by atoms with Gasteiger partial charge in [0.05, 0.1) is 23.4 Å². The van der Waals surface area contributed by atoms with Crippen LogP contribution < -0.4 is 20.1 Å². The van der Waals surface area contributed by atoms with Crippen LogP contribution in [0.2, 0.25) is 5.02 Å². The van der Waals surface area contributed by atoms with Gasteiger partial charge in [-0.2, -0.15) is 0 Å². The van der Waals surface area contributed by atoms with Crippen molar-refractivity contribution in [2.75, 3.05) is 43.9 Å². The Hall–Kier alpha value is -4.27. The van der Waals surface area contributed by atoms with E-state index < -0.39 is 0 Å². The van der Waals surface area contributed by atoms with Crippen LogP contribution in [0.25, 0.3) is 11.3 Å². The maximum absolute atomic E-state index is 13.3. The Morgan fingerprint density at radius 1 is 1.00 bits per heavy atom. The predicted octanol–water partition coefficient (Wildman–Crippen LogP) is 4.83. The van der Waals surface area contributed by atoms with E-state index in [4.69, 9.17) is 21.1 Å². The number of amides is 2. The number of piperazine rings is 1. The summed E-state index contributed by atoms with van der Waals surface area (Å²) in [6.45, 7) is 3.29. The highest BCUT2D eigenvalue weighted by molar-refractivity contribution is 6.38. The van der Waals surface area contributed by atoms with Crippen LogP contribution in [0.1, 0.15) is 16.7 Å². The predicted molar refractivity (Wildman–Crippen MR) is 152 cm³/mol. The first-order valence-corrected chi connectivity index (χ1v) is 13.1. The van der Waals surface area contributed by atoms with Gasteiger partial charge in [0.2, 0.25) is 5.91 Å². The van der Waals surface area contributed by atoms with Gasteiger partial charge in [0, 0.05) is 48.0 Å². The highest BCUT2D eigenvalue weighted by Gasteiger charge is 2.31. The standard InChI is InChI=1S/C30H27ClN4O4/c1-34-11-13-35(14-12-34)26(36)17-19-5-8-21(9-6-19)32-28(23-3-2-4-25-29(23)39-16-15-38-25)27-22-10-7-20(31)18-24(22)33-30(27)37/h2-10,15-16,18,32H,11-14,17H2,1H3,(H,33,37)/b28-27-. The molecule has 0 aromatic heterocycles. The molecule has 39 heavy (non-hydrogen) atoms. The van der Waals surface area contributed by atoms with E-state index >= 15 is 0 Å². The molecular formula is C30H27ClN4O4. The number of hydrogen-bond acceptors (Lipinski definition) is 6. The number of ether oxygens (including phenoxy) is 2. The molecule has 0 atom stereocenters. The van der Waals surface area contributed by atoms with Crippen molar-refractivity contribution in [2.24, 2.45) is 0 Å². The van der Waals surface area contributed by atoms with Crippen molar-refractivity contribution >= 4 is 46.1 Å². The van der Waals surface area contributed by atoms with Crippen LogP contribution in [0.3, 0.4) is 0 Å². The Morgan fingerprint density at radius 3 is 2.56 bits per heavy atom. The highest BCUT2D eigenvalue weighted by Crippen LogP contribution is 2.44. The third-order valence-corrected chi connectivity index (χ3v) is 7.33. The molecule has 3 aromatic carbocycles. The molecule has 198 valence electrons. The molecule has 1 fully saturated rings. The monoisotopic (exact) mass is 542 g/mol. The van der Waals surface area contributed by atoms with Crippen LogP contribution in [-0.4, -0.2) is 54.8 Å². The number of likely N-dealkylation sites (N-methyl/N-ethyl adjacent to an activating group) is 1. The lowest BCUT2D eigenvalue weighted by molar-refractivity contribution is -0.132. The summed E-state index contributed by atoms with van der Waals surface area (Å²) >= 11 is 6.19. The molecule has 3 heterocycles. The first-order valence-electron chi connectivity index (χ1n) is 12.8. The second-order valence-corrected chi connectivity index (χ2v) is 10.2. The maximum Gasteiger partial charge on any atom is 0.258 e. The SMILES string of the molecule is CN1CCN(C(=O)Cc2ccc(N/C(=C3\C(=O)Nc4cc(Cl)ccc43)c3cccc4c3OC=CO4)cc2)CC1. The third kappa shape index (κ3) is 5.08. The number of benzene rings is 3. The Labute approximate surface area is 231 Å². The number of hydrogen-bond donors (Lipinski definition) is 2. The van der Waals surface area contributed by atoms with Crippen LogP contribution in [0.5, 0.6) is 11.5 Å². The Balaban J connectivity index is 1.33. The van der Waals surface area contributed by atoms with Crippen molar-refractivity contribution in [1.82, 2.24) is 9.80 Å². The van der Waals surface area contributed by atoms with E-state index in [0.29, 0.717) is 45.5 Å². The smallest absolute Gasteiger partial charge is 0.258 e. The molecule has 0 unspecified atom stereocenters. The normalized spacial score (nSPS) is 17.5. The molecule has 6 rings (SSSR count). The zero-order valence-corrected chi connectivity index (χ0v) is 22.1. The molecule has 0 saturated carbocycles. The van der Waals surface area contributed by atoms with Gasteiger partial charge in [-0.3, -0.25) is 9.59 Å². The largest absolute Gasteiger partial charge is 0.458 e. The Bertz CT molecular complexity index is 1510. The minimum absolute atomic E-state index is 0.130. The van der Waals surface area contributed by atoms with Gasteiger partial charge in [-0.1, -0.05) is 35.9 Å². The second-order valence-electron chi connectivity index (χ2n) is 9.72. The van der Waals surface area contributed by atoms with Crippen LogP contribution in [0.15, 0.2) is 73.2 Å². The first-order chi connectivity index (χ1) is 19.0. The Morgan fingerprint density at radius 2 is 1.77 bits per heavy atom. The quantitative estimate of drug-likeness (QED) is 0.449. The fourth-order valence-electron chi connectivity index (χ4n) is 4.97. The molecule has 2 amide bonds. The zero-order chi connectivity index (χ0) is 26.9. The molecular weight excluding hydrogens is 516 g/mol. The summed E-state index contributed by atoms with van der Waals surface area (Å²) in [6.07, 6.45) is 3.27. The summed E-state index contributed by atoms with van der Waals surface area (Å²) in [5.74, 6) is 0.918. The van der Waals surface area contributed by atoms with E-state index in [-0.39, 0.29) is 11.8 Å². The summed E-state index contributed by atoms with van der Waals surface area (Å²) in [4.78, 5) is 30.2. The number of anilines is 2. The van der Waals surface area contributed by atoms with E-state index in [1.807, 2.05) is 47.4 Å². The summed E-state index contributed by atoms with van der Waals surface area (Å²) in [7, 11) is 2.07. The van der Waals surface area contributed by atoms with E-state index in [1.54, 1.807) is 18.2 Å². The van der Waals surface area contributed by atoms with Crippen LogP contribution in [0, 0.1) is 0 Å². The van der Waals surface area contributed by atoms with Gasteiger partial charge in [-0.15, -0.1) is 0 Å². The summed E-state index contributed by atoms with van der Waals surface area (Å²) in [6, 6.07) is 18.5. The van der Waals surface area contributed by atoms with E-state index in [9.17, 15) is 9.59 Å². The fourth-order valence-corrected chi connectivity index (χ4v) is 5.15. The van der Waals surface area contributed by atoms with Gasteiger partial charge < -0.3 is 29.9 Å². The van der Waals surface area contributed by atoms with Gasteiger partial charge in [-0.05, 0) is 49.0 Å². The number of carbonyl (C=O) groups excluding carboxylic acids is 2. The minimum Gasteiger partial charge on any atom is -0.458 e. The van der Waals surface area contributed by atoms with E-state index in [2.05, 4.69) is 22.6 Å². The number of nitrogens with one attached hydrogen (secondary N) is 2. The molecule has 1 saturated heterocycles. The molecule has 8 nitrogen and oxygen atoms in total.